The minimum absolute atomic E-state index is 0.00860. The van der Waals surface area contributed by atoms with E-state index >= 15 is 0 Å². The summed E-state index contributed by atoms with van der Waals surface area (Å²) in [6.07, 6.45) is 4.32. The van der Waals surface area contributed by atoms with Crippen molar-refractivity contribution in [1.29, 1.82) is 0 Å². The Morgan fingerprint density at radius 2 is 1.92 bits per heavy atom. The smallest absolute Gasteiger partial charge is 0.263 e. The van der Waals surface area contributed by atoms with E-state index in [9.17, 15) is 13.2 Å². The molecule has 1 aliphatic rings. The zero-order valence-corrected chi connectivity index (χ0v) is 20.7. The van der Waals surface area contributed by atoms with Gasteiger partial charge in [0.1, 0.15) is 16.4 Å². The molecule has 1 aromatic carbocycles. The van der Waals surface area contributed by atoms with Crippen molar-refractivity contribution in [3.05, 3.63) is 66.6 Å². The van der Waals surface area contributed by atoms with Gasteiger partial charge in [-0.05, 0) is 42.0 Å². The molecule has 190 valence electrons. The number of pyridine rings is 3. The summed E-state index contributed by atoms with van der Waals surface area (Å²) < 4.78 is 38.8. The lowest BCUT2D eigenvalue weighted by atomic mass is 10.0. The Balaban J connectivity index is 1.51. The average molecular weight is 521 g/mol. The fourth-order valence-electron chi connectivity index (χ4n) is 4.03. The molecule has 11 nitrogen and oxygen atoms in total. The van der Waals surface area contributed by atoms with Crippen molar-refractivity contribution in [1.82, 2.24) is 19.9 Å². The van der Waals surface area contributed by atoms with Crippen molar-refractivity contribution >= 4 is 38.3 Å². The van der Waals surface area contributed by atoms with Crippen molar-refractivity contribution in [2.75, 3.05) is 43.9 Å². The van der Waals surface area contributed by atoms with E-state index in [0.717, 1.165) is 5.56 Å². The van der Waals surface area contributed by atoms with E-state index in [1.165, 1.54) is 31.6 Å². The Hall–Kier alpha value is -4.29. The first kappa shape index (κ1) is 24.4. The monoisotopic (exact) mass is 520 g/mol. The van der Waals surface area contributed by atoms with Gasteiger partial charge in [0.25, 0.3) is 15.9 Å². The summed E-state index contributed by atoms with van der Waals surface area (Å²) >= 11 is 0. The number of nitrogens with one attached hydrogen (secondary N) is 1. The Bertz CT molecular complexity index is 1570. The first-order valence-corrected chi connectivity index (χ1v) is 12.9. The van der Waals surface area contributed by atoms with Crippen LogP contribution in [-0.2, 0) is 14.8 Å². The number of sulfonamides is 1. The number of methoxy groups -OCH3 is 1. The van der Waals surface area contributed by atoms with Gasteiger partial charge in [-0.2, -0.15) is 0 Å². The molecule has 1 amide bonds. The van der Waals surface area contributed by atoms with Crippen LogP contribution >= 0.6 is 0 Å². The molecule has 37 heavy (non-hydrogen) atoms. The average Bonchev–Trinajstić information content (AvgIpc) is 2.93. The molecule has 12 heteroatoms. The Labute approximate surface area is 213 Å². The SMILES string of the molecule is COc1ncc(-c2ccc3nc(N)c(C(=O)N4CCOCC4)cc3c2)cc1NS(=O)(=O)c1cccnc1. The number of carbonyl (C=O) groups is 1. The molecule has 4 aromatic rings. The molecule has 0 atom stereocenters. The number of amides is 1. The second-order valence-electron chi connectivity index (χ2n) is 8.31. The largest absolute Gasteiger partial charge is 0.480 e. The van der Waals surface area contributed by atoms with Gasteiger partial charge >= 0.3 is 0 Å². The standard InChI is InChI=1S/C25H24N6O5S/c1-35-24-22(30-37(33,34)19-3-2-6-27-15-19)13-18(14-28-24)16-4-5-21-17(11-16)12-20(23(26)29-21)25(32)31-7-9-36-10-8-31/h2-6,11-15,30H,7-10H2,1H3,(H2,26,29). The molecule has 5 rings (SSSR count). The Morgan fingerprint density at radius 1 is 1.11 bits per heavy atom. The quantitative estimate of drug-likeness (QED) is 0.391. The third-order valence-electron chi connectivity index (χ3n) is 5.94. The molecule has 3 N–H and O–H groups in total. The number of nitrogens with two attached hydrogens (primary N) is 1. The van der Waals surface area contributed by atoms with Crippen LogP contribution in [0.25, 0.3) is 22.0 Å². The van der Waals surface area contributed by atoms with Gasteiger partial charge in [-0.3, -0.25) is 14.5 Å². The van der Waals surface area contributed by atoms with E-state index in [2.05, 4.69) is 19.7 Å². The predicted molar refractivity (Wildman–Crippen MR) is 138 cm³/mol. The van der Waals surface area contributed by atoms with Crippen LogP contribution in [0.3, 0.4) is 0 Å². The summed E-state index contributed by atoms with van der Waals surface area (Å²) in [7, 11) is -2.51. The molecule has 0 bridgehead atoms. The fourth-order valence-corrected chi connectivity index (χ4v) is 5.05. The Morgan fingerprint density at radius 3 is 2.65 bits per heavy atom. The molecule has 3 aromatic heterocycles. The van der Waals surface area contributed by atoms with Crippen molar-refractivity contribution in [3.63, 3.8) is 0 Å². The number of anilines is 2. The Kier molecular flexibility index (Phi) is 6.59. The number of nitrogens with zero attached hydrogens (tertiary/aromatic N) is 4. The van der Waals surface area contributed by atoms with Gasteiger partial charge in [-0.1, -0.05) is 6.07 Å². The van der Waals surface area contributed by atoms with Crippen LogP contribution in [0.4, 0.5) is 11.5 Å². The molecule has 0 spiro atoms. The van der Waals surface area contributed by atoms with E-state index in [0.29, 0.717) is 48.3 Å². The zero-order chi connectivity index (χ0) is 26.0. The van der Waals surface area contributed by atoms with Crippen molar-refractivity contribution in [3.8, 4) is 17.0 Å². The predicted octanol–water partition coefficient (Wildman–Crippen LogP) is 2.56. The number of fused-ring (bicyclic) bond motifs is 1. The number of ether oxygens (including phenoxy) is 2. The van der Waals surface area contributed by atoms with Crippen LogP contribution in [0.2, 0.25) is 0 Å². The molecule has 0 saturated carbocycles. The lowest BCUT2D eigenvalue weighted by Gasteiger charge is -2.27. The maximum absolute atomic E-state index is 13.0. The van der Waals surface area contributed by atoms with Crippen LogP contribution in [-0.4, -0.2) is 67.6 Å². The van der Waals surface area contributed by atoms with E-state index in [4.69, 9.17) is 15.2 Å². The first-order chi connectivity index (χ1) is 17.9. The lowest BCUT2D eigenvalue weighted by Crippen LogP contribution is -2.41. The molecule has 0 aliphatic carbocycles. The van der Waals surface area contributed by atoms with Crippen LogP contribution in [0.1, 0.15) is 10.4 Å². The van der Waals surface area contributed by atoms with Gasteiger partial charge in [0.15, 0.2) is 0 Å². The van der Waals surface area contributed by atoms with Gasteiger partial charge in [0, 0.05) is 42.6 Å². The first-order valence-electron chi connectivity index (χ1n) is 11.4. The number of aromatic nitrogens is 3. The minimum atomic E-state index is -3.92. The summed E-state index contributed by atoms with van der Waals surface area (Å²) in [5.41, 5.74) is 8.60. The number of hydrogen-bond acceptors (Lipinski definition) is 9. The molecule has 1 fully saturated rings. The van der Waals surface area contributed by atoms with E-state index in [1.54, 1.807) is 29.3 Å². The number of hydrogen-bond donors (Lipinski definition) is 2. The number of nitrogen functional groups attached to an aromatic ring is 1. The van der Waals surface area contributed by atoms with Gasteiger partial charge in [-0.15, -0.1) is 0 Å². The van der Waals surface area contributed by atoms with E-state index in [1.807, 2.05) is 12.1 Å². The van der Waals surface area contributed by atoms with Crippen LogP contribution in [0, 0.1) is 0 Å². The summed E-state index contributed by atoms with van der Waals surface area (Å²) in [6, 6.07) is 11.8. The molecule has 0 unspecified atom stereocenters. The van der Waals surface area contributed by atoms with Crippen LogP contribution in [0.15, 0.2) is 66.0 Å². The molecular formula is C25H24N6O5S. The van der Waals surface area contributed by atoms with Gasteiger partial charge in [-0.25, -0.2) is 18.4 Å². The molecule has 1 saturated heterocycles. The van der Waals surface area contributed by atoms with Crippen molar-refractivity contribution in [2.24, 2.45) is 0 Å². The maximum Gasteiger partial charge on any atom is 0.263 e. The molecule has 0 radical (unpaired) electrons. The summed E-state index contributed by atoms with van der Waals surface area (Å²) in [4.78, 5) is 27.3. The highest BCUT2D eigenvalue weighted by Gasteiger charge is 2.22. The van der Waals surface area contributed by atoms with Gasteiger partial charge in [0.05, 0.1) is 31.4 Å². The zero-order valence-electron chi connectivity index (χ0n) is 19.9. The second-order valence-corrected chi connectivity index (χ2v) is 9.99. The van der Waals surface area contributed by atoms with Gasteiger partial charge < -0.3 is 20.1 Å². The fraction of sp³-hybridized carbons (Fsp3) is 0.200. The molecule has 1 aliphatic heterocycles. The number of carbonyl (C=O) groups excluding carboxylic acids is 1. The van der Waals surface area contributed by atoms with Crippen molar-refractivity contribution in [2.45, 2.75) is 4.90 Å². The van der Waals surface area contributed by atoms with E-state index < -0.39 is 10.0 Å². The number of benzene rings is 1. The number of morpholine rings is 1. The van der Waals surface area contributed by atoms with E-state index in [-0.39, 0.29) is 28.2 Å². The molecule has 4 heterocycles. The van der Waals surface area contributed by atoms with Gasteiger partial charge in [0.2, 0.25) is 5.88 Å². The van der Waals surface area contributed by atoms with Crippen LogP contribution < -0.4 is 15.2 Å². The highest BCUT2D eigenvalue weighted by molar-refractivity contribution is 7.92. The summed E-state index contributed by atoms with van der Waals surface area (Å²) in [6.45, 7) is 1.94. The topological polar surface area (TPSA) is 150 Å². The van der Waals surface area contributed by atoms with Crippen molar-refractivity contribution < 1.29 is 22.7 Å². The highest BCUT2D eigenvalue weighted by Crippen LogP contribution is 2.32. The normalized spacial score (nSPS) is 13.9. The highest BCUT2D eigenvalue weighted by atomic mass is 32.2. The second kappa shape index (κ2) is 9.99. The maximum atomic E-state index is 13.0. The molecular weight excluding hydrogens is 496 g/mol. The summed E-state index contributed by atoms with van der Waals surface area (Å²) in [5.74, 6) is 0.0820. The third-order valence-corrected chi connectivity index (χ3v) is 7.29. The minimum Gasteiger partial charge on any atom is -0.480 e. The van der Waals surface area contributed by atoms with Crippen LogP contribution in [0.5, 0.6) is 5.88 Å². The third kappa shape index (κ3) is 5.01. The summed E-state index contributed by atoms with van der Waals surface area (Å²) in [5, 5.41) is 0.705. The number of rotatable bonds is 6. The lowest BCUT2D eigenvalue weighted by molar-refractivity contribution is 0.0303.